The van der Waals surface area contributed by atoms with Gasteiger partial charge < -0.3 is 10.4 Å². The maximum atomic E-state index is 12.4. The van der Waals surface area contributed by atoms with Gasteiger partial charge in [-0.05, 0) is 38.0 Å². The van der Waals surface area contributed by atoms with Crippen LogP contribution in [0.15, 0.2) is 24.3 Å². The highest BCUT2D eigenvalue weighted by Gasteiger charge is 2.30. The first kappa shape index (κ1) is 16.5. The van der Waals surface area contributed by atoms with E-state index in [1.54, 1.807) is 13.8 Å². The van der Waals surface area contributed by atoms with Crippen LogP contribution in [0.25, 0.3) is 0 Å². The molecule has 2 unspecified atom stereocenters. The predicted octanol–water partition coefficient (Wildman–Crippen LogP) is 3.04. The van der Waals surface area contributed by atoms with Crippen LogP contribution in [0.4, 0.5) is 13.2 Å². The number of carbonyl (C=O) groups is 1. The number of aliphatic hydroxyl groups excluding tert-OH is 1. The Morgan fingerprint density at radius 1 is 1.25 bits per heavy atom. The molecular weight excluding hydrogens is 271 g/mol. The molecule has 112 valence electrons. The molecule has 0 heterocycles. The Labute approximate surface area is 115 Å². The number of alkyl halides is 3. The van der Waals surface area contributed by atoms with E-state index in [0.717, 1.165) is 12.1 Å². The second-order valence-corrected chi connectivity index (χ2v) is 4.80. The van der Waals surface area contributed by atoms with Crippen molar-refractivity contribution >= 4 is 5.91 Å². The Kier molecular flexibility index (Phi) is 5.56. The molecule has 0 radical (unpaired) electrons. The fourth-order valence-corrected chi connectivity index (χ4v) is 1.70. The lowest BCUT2D eigenvalue weighted by Gasteiger charge is -2.15. The molecule has 0 aliphatic heterocycles. The lowest BCUT2D eigenvalue weighted by molar-refractivity contribution is -0.137. The Hall–Kier alpha value is -1.56. The molecular formula is C14H18F3NO2. The number of halogens is 3. The number of aliphatic hydroxyl groups is 1. The van der Waals surface area contributed by atoms with Crippen molar-refractivity contribution in [3.05, 3.63) is 35.4 Å². The predicted molar refractivity (Wildman–Crippen MR) is 68.9 cm³/mol. The van der Waals surface area contributed by atoms with Gasteiger partial charge in [-0.1, -0.05) is 12.1 Å². The summed E-state index contributed by atoms with van der Waals surface area (Å²) in [7, 11) is 0. The molecule has 0 aliphatic rings. The molecule has 0 aliphatic carbocycles. The largest absolute Gasteiger partial charge is 0.416 e. The molecule has 0 aromatic heterocycles. The van der Waals surface area contributed by atoms with Gasteiger partial charge in [0.25, 0.3) is 0 Å². The van der Waals surface area contributed by atoms with E-state index in [-0.39, 0.29) is 18.4 Å². The highest BCUT2D eigenvalue weighted by atomic mass is 19.4. The molecule has 0 saturated carbocycles. The van der Waals surface area contributed by atoms with Crippen molar-refractivity contribution in [1.82, 2.24) is 5.32 Å². The highest BCUT2D eigenvalue weighted by Crippen LogP contribution is 2.29. The maximum Gasteiger partial charge on any atom is 0.416 e. The zero-order valence-electron chi connectivity index (χ0n) is 11.4. The fourth-order valence-electron chi connectivity index (χ4n) is 1.70. The summed E-state index contributed by atoms with van der Waals surface area (Å²) in [6.45, 7) is 3.29. The highest BCUT2D eigenvalue weighted by molar-refractivity contribution is 5.76. The average Bonchev–Trinajstić information content (AvgIpc) is 2.35. The van der Waals surface area contributed by atoms with Crippen molar-refractivity contribution in [2.75, 3.05) is 0 Å². The van der Waals surface area contributed by atoms with Gasteiger partial charge in [0, 0.05) is 6.42 Å². The summed E-state index contributed by atoms with van der Waals surface area (Å²) in [5, 5.41) is 11.8. The molecule has 0 spiro atoms. The van der Waals surface area contributed by atoms with Crippen molar-refractivity contribution in [1.29, 1.82) is 0 Å². The molecule has 0 saturated heterocycles. The molecule has 1 aromatic carbocycles. The number of hydrogen-bond acceptors (Lipinski definition) is 2. The lowest BCUT2D eigenvalue weighted by Crippen LogP contribution is -2.27. The van der Waals surface area contributed by atoms with Crippen LogP contribution in [-0.4, -0.2) is 17.1 Å². The second kappa shape index (κ2) is 6.74. The first-order valence-corrected chi connectivity index (χ1v) is 6.34. The van der Waals surface area contributed by atoms with Crippen LogP contribution in [0.3, 0.4) is 0 Å². The summed E-state index contributed by atoms with van der Waals surface area (Å²) in [5.74, 6) is -0.238. The molecule has 0 fully saturated rings. The standard InChI is InChI=1S/C14H18F3NO2/c1-9(19)3-8-13(20)18-10(2)11-4-6-12(7-5-11)14(15,16)17/h4-7,9-10,19H,3,8H2,1-2H3,(H,18,20). The summed E-state index contributed by atoms with van der Waals surface area (Å²) in [5.41, 5.74) is -0.114. The third-order valence-corrected chi connectivity index (χ3v) is 2.90. The minimum Gasteiger partial charge on any atom is -0.393 e. The molecule has 2 N–H and O–H groups in total. The van der Waals surface area contributed by atoms with Crippen LogP contribution in [0.5, 0.6) is 0 Å². The van der Waals surface area contributed by atoms with Crippen LogP contribution in [0.1, 0.15) is 43.9 Å². The van der Waals surface area contributed by atoms with Crippen LogP contribution in [0.2, 0.25) is 0 Å². The third kappa shape index (κ3) is 5.21. The van der Waals surface area contributed by atoms with Crippen molar-refractivity contribution in [2.45, 2.75) is 45.0 Å². The summed E-state index contributed by atoms with van der Waals surface area (Å²) < 4.78 is 37.2. The number of amides is 1. The first-order chi connectivity index (χ1) is 9.20. The molecule has 1 aromatic rings. The van der Waals surface area contributed by atoms with Crippen molar-refractivity contribution < 1.29 is 23.1 Å². The van der Waals surface area contributed by atoms with Crippen molar-refractivity contribution in [2.24, 2.45) is 0 Å². The number of nitrogens with one attached hydrogen (secondary N) is 1. The van der Waals surface area contributed by atoms with Crippen molar-refractivity contribution in [3.8, 4) is 0 Å². The van der Waals surface area contributed by atoms with Gasteiger partial charge in [-0.3, -0.25) is 4.79 Å². The van der Waals surface area contributed by atoms with E-state index in [2.05, 4.69) is 5.32 Å². The Morgan fingerprint density at radius 3 is 2.25 bits per heavy atom. The minimum absolute atomic E-state index is 0.183. The number of hydrogen-bond donors (Lipinski definition) is 2. The van der Waals surface area contributed by atoms with Gasteiger partial charge in [0.2, 0.25) is 5.91 Å². The van der Waals surface area contributed by atoms with E-state index in [9.17, 15) is 18.0 Å². The summed E-state index contributed by atoms with van der Waals surface area (Å²) in [4.78, 5) is 11.6. The minimum atomic E-state index is -4.36. The molecule has 6 heteroatoms. The summed E-state index contributed by atoms with van der Waals surface area (Å²) >= 11 is 0. The maximum absolute atomic E-state index is 12.4. The molecule has 1 amide bonds. The molecule has 2 atom stereocenters. The Balaban J connectivity index is 2.60. The molecule has 20 heavy (non-hydrogen) atoms. The molecule has 0 bridgehead atoms. The van der Waals surface area contributed by atoms with Gasteiger partial charge in [-0.25, -0.2) is 0 Å². The Bertz CT molecular complexity index is 441. The zero-order valence-corrected chi connectivity index (χ0v) is 11.4. The quantitative estimate of drug-likeness (QED) is 0.875. The van der Waals surface area contributed by atoms with Crippen LogP contribution < -0.4 is 5.32 Å². The average molecular weight is 289 g/mol. The smallest absolute Gasteiger partial charge is 0.393 e. The van der Waals surface area contributed by atoms with E-state index in [0.29, 0.717) is 12.0 Å². The van der Waals surface area contributed by atoms with Gasteiger partial charge in [-0.2, -0.15) is 13.2 Å². The lowest BCUT2D eigenvalue weighted by atomic mass is 10.1. The van der Waals surface area contributed by atoms with Gasteiger partial charge in [0.05, 0.1) is 17.7 Å². The van der Waals surface area contributed by atoms with E-state index >= 15 is 0 Å². The van der Waals surface area contributed by atoms with Gasteiger partial charge >= 0.3 is 6.18 Å². The van der Waals surface area contributed by atoms with Gasteiger partial charge in [-0.15, -0.1) is 0 Å². The monoisotopic (exact) mass is 289 g/mol. The third-order valence-electron chi connectivity index (χ3n) is 2.90. The molecule has 3 nitrogen and oxygen atoms in total. The summed E-state index contributed by atoms with van der Waals surface area (Å²) in [6, 6.07) is 4.31. The topological polar surface area (TPSA) is 49.3 Å². The van der Waals surface area contributed by atoms with Gasteiger partial charge in [0.15, 0.2) is 0 Å². The van der Waals surface area contributed by atoms with Crippen LogP contribution in [-0.2, 0) is 11.0 Å². The second-order valence-electron chi connectivity index (χ2n) is 4.80. The van der Waals surface area contributed by atoms with E-state index in [1.807, 2.05) is 0 Å². The SMILES string of the molecule is CC(O)CCC(=O)NC(C)c1ccc(C(F)(F)F)cc1. The van der Waals surface area contributed by atoms with Crippen molar-refractivity contribution in [3.63, 3.8) is 0 Å². The molecule has 1 rings (SSSR count). The first-order valence-electron chi connectivity index (χ1n) is 6.34. The van der Waals surface area contributed by atoms with E-state index in [1.165, 1.54) is 12.1 Å². The van der Waals surface area contributed by atoms with Crippen LogP contribution >= 0.6 is 0 Å². The fraction of sp³-hybridized carbons (Fsp3) is 0.500. The number of carbonyl (C=O) groups excluding carboxylic acids is 1. The zero-order chi connectivity index (χ0) is 15.3. The van der Waals surface area contributed by atoms with Gasteiger partial charge in [0.1, 0.15) is 0 Å². The normalized spacial score (nSPS) is 14.7. The van der Waals surface area contributed by atoms with E-state index < -0.39 is 17.8 Å². The number of rotatable bonds is 5. The van der Waals surface area contributed by atoms with Crippen LogP contribution in [0, 0.1) is 0 Å². The van der Waals surface area contributed by atoms with E-state index in [4.69, 9.17) is 5.11 Å². The summed E-state index contributed by atoms with van der Waals surface area (Å²) in [6.07, 6.45) is -4.38. The number of benzene rings is 1. The Morgan fingerprint density at radius 2 is 1.80 bits per heavy atom.